The third kappa shape index (κ3) is 3.29. The monoisotopic (exact) mass is 268 g/mol. The molecular weight excluding hydrogens is 240 g/mol. The molecule has 2 rings (SSSR count). The number of likely N-dealkylation sites (tertiary alicyclic amines) is 1. The standard InChI is InChI=1S/C15H28N2O2/c1-10-7-11(2)14(16)8-13(10)15(19)17-5-3-12(9-18)4-6-17/h10-14,18H,3-9,16H2,1-2H3. The summed E-state index contributed by atoms with van der Waals surface area (Å²) in [7, 11) is 0. The highest BCUT2D eigenvalue weighted by atomic mass is 16.3. The molecule has 0 aromatic carbocycles. The van der Waals surface area contributed by atoms with E-state index in [2.05, 4.69) is 13.8 Å². The van der Waals surface area contributed by atoms with Crippen LogP contribution in [-0.2, 0) is 4.79 Å². The average molecular weight is 268 g/mol. The van der Waals surface area contributed by atoms with Crippen molar-refractivity contribution in [3.63, 3.8) is 0 Å². The summed E-state index contributed by atoms with van der Waals surface area (Å²) in [6, 6.07) is 0.167. The smallest absolute Gasteiger partial charge is 0.226 e. The van der Waals surface area contributed by atoms with Crippen molar-refractivity contribution in [1.29, 1.82) is 0 Å². The van der Waals surface area contributed by atoms with Crippen LogP contribution in [0.15, 0.2) is 0 Å². The highest BCUT2D eigenvalue weighted by Crippen LogP contribution is 2.34. The lowest BCUT2D eigenvalue weighted by Gasteiger charge is -2.40. The first kappa shape index (κ1) is 14.8. The van der Waals surface area contributed by atoms with Crippen molar-refractivity contribution >= 4 is 5.91 Å². The van der Waals surface area contributed by atoms with Gasteiger partial charge in [-0.15, -0.1) is 0 Å². The molecule has 3 N–H and O–H groups in total. The van der Waals surface area contributed by atoms with Crippen molar-refractivity contribution in [2.24, 2.45) is 29.4 Å². The first-order valence-corrected chi connectivity index (χ1v) is 7.68. The number of amides is 1. The van der Waals surface area contributed by atoms with Gasteiger partial charge in [0.1, 0.15) is 0 Å². The van der Waals surface area contributed by atoms with Crippen LogP contribution in [0.4, 0.5) is 0 Å². The molecule has 4 unspecified atom stereocenters. The Morgan fingerprint density at radius 2 is 1.84 bits per heavy atom. The van der Waals surface area contributed by atoms with Gasteiger partial charge in [-0.2, -0.15) is 0 Å². The maximum Gasteiger partial charge on any atom is 0.226 e. The van der Waals surface area contributed by atoms with Crippen LogP contribution >= 0.6 is 0 Å². The largest absolute Gasteiger partial charge is 0.396 e. The Balaban J connectivity index is 1.92. The van der Waals surface area contributed by atoms with Gasteiger partial charge in [0, 0.05) is 31.7 Å². The van der Waals surface area contributed by atoms with Crippen LogP contribution < -0.4 is 5.73 Å². The molecule has 0 spiro atoms. The number of carbonyl (C=O) groups is 1. The highest BCUT2D eigenvalue weighted by Gasteiger charge is 2.37. The summed E-state index contributed by atoms with van der Waals surface area (Å²) in [5.74, 6) is 1.76. The van der Waals surface area contributed by atoms with Gasteiger partial charge in [0.15, 0.2) is 0 Å². The molecule has 1 amide bonds. The molecule has 0 aromatic heterocycles. The lowest BCUT2D eigenvalue weighted by Crippen LogP contribution is -2.48. The number of piperidine rings is 1. The number of aliphatic hydroxyl groups is 1. The minimum Gasteiger partial charge on any atom is -0.396 e. The first-order chi connectivity index (χ1) is 9.02. The molecule has 110 valence electrons. The maximum absolute atomic E-state index is 12.6. The van der Waals surface area contributed by atoms with Crippen molar-refractivity contribution in [3.8, 4) is 0 Å². The number of carbonyl (C=O) groups excluding carboxylic acids is 1. The van der Waals surface area contributed by atoms with Crippen molar-refractivity contribution < 1.29 is 9.90 Å². The zero-order chi connectivity index (χ0) is 14.0. The Kier molecular flexibility index (Phi) is 4.85. The van der Waals surface area contributed by atoms with Crippen LogP contribution in [0.2, 0.25) is 0 Å². The summed E-state index contributed by atoms with van der Waals surface area (Å²) in [4.78, 5) is 14.6. The number of hydrogen-bond acceptors (Lipinski definition) is 3. The number of rotatable bonds is 2. The quantitative estimate of drug-likeness (QED) is 0.791. The van der Waals surface area contributed by atoms with Gasteiger partial charge < -0.3 is 15.7 Å². The second-order valence-corrected chi connectivity index (χ2v) is 6.65. The molecule has 4 heteroatoms. The normalized spacial score (nSPS) is 37.4. The zero-order valence-corrected chi connectivity index (χ0v) is 12.2. The Hall–Kier alpha value is -0.610. The molecule has 0 bridgehead atoms. The number of aliphatic hydroxyl groups excluding tert-OH is 1. The van der Waals surface area contributed by atoms with Gasteiger partial charge in [-0.05, 0) is 43.4 Å². The van der Waals surface area contributed by atoms with Gasteiger partial charge in [-0.3, -0.25) is 4.79 Å². The van der Waals surface area contributed by atoms with Gasteiger partial charge in [-0.25, -0.2) is 0 Å². The number of nitrogens with zero attached hydrogens (tertiary/aromatic N) is 1. The Bertz CT molecular complexity index is 313. The third-order valence-electron chi connectivity index (χ3n) is 5.19. The molecule has 2 fully saturated rings. The van der Waals surface area contributed by atoms with E-state index in [9.17, 15) is 4.79 Å². The third-order valence-corrected chi connectivity index (χ3v) is 5.19. The van der Waals surface area contributed by atoms with E-state index in [1.807, 2.05) is 4.90 Å². The van der Waals surface area contributed by atoms with E-state index in [1.54, 1.807) is 0 Å². The minimum absolute atomic E-state index is 0.108. The van der Waals surface area contributed by atoms with E-state index in [4.69, 9.17) is 10.8 Å². The summed E-state index contributed by atoms with van der Waals surface area (Å²) < 4.78 is 0. The van der Waals surface area contributed by atoms with E-state index in [1.165, 1.54) is 0 Å². The second kappa shape index (κ2) is 6.23. The molecule has 1 aliphatic heterocycles. The van der Waals surface area contributed by atoms with Crippen molar-refractivity contribution in [3.05, 3.63) is 0 Å². The predicted molar refractivity (Wildman–Crippen MR) is 75.4 cm³/mol. The van der Waals surface area contributed by atoms with E-state index in [0.29, 0.717) is 23.7 Å². The molecule has 1 saturated carbocycles. The molecule has 4 atom stereocenters. The maximum atomic E-state index is 12.6. The lowest BCUT2D eigenvalue weighted by molar-refractivity contribution is -0.140. The van der Waals surface area contributed by atoms with Gasteiger partial charge >= 0.3 is 0 Å². The Morgan fingerprint density at radius 1 is 1.21 bits per heavy atom. The molecule has 0 radical (unpaired) electrons. The molecule has 1 heterocycles. The van der Waals surface area contributed by atoms with E-state index in [0.717, 1.165) is 38.8 Å². The number of nitrogens with two attached hydrogens (primary N) is 1. The molecular formula is C15H28N2O2. The summed E-state index contributed by atoms with van der Waals surface area (Å²) >= 11 is 0. The molecule has 19 heavy (non-hydrogen) atoms. The molecule has 4 nitrogen and oxygen atoms in total. The zero-order valence-electron chi connectivity index (χ0n) is 12.2. The van der Waals surface area contributed by atoms with E-state index >= 15 is 0 Å². The fourth-order valence-corrected chi connectivity index (χ4v) is 3.60. The fourth-order valence-electron chi connectivity index (χ4n) is 3.60. The molecule has 0 aromatic rings. The number of hydrogen-bond donors (Lipinski definition) is 2. The van der Waals surface area contributed by atoms with Gasteiger partial charge in [0.2, 0.25) is 5.91 Å². The SMILES string of the molecule is CC1CC(C)C(C(=O)N2CCC(CO)CC2)CC1N. The molecule has 1 aliphatic carbocycles. The molecule has 2 aliphatic rings. The Morgan fingerprint density at radius 3 is 2.42 bits per heavy atom. The Labute approximate surface area is 116 Å². The van der Waals surface area contributed by atoms with Crippen LogP contribution in [0, 0.1) is 23.7 Å². The summed E-state index contributed by atoms with van der Waals surface area (Å²) in [6.45, 7) is 6.24. The summed E-state index contributed by atoms with van der Waals surface area (Å²) in [5, 5.41) is 9.15. The van der Waals surface area contributed by atoms with E-state index in [-0.39, 0.29) is 18.6 Å². The van der Waals surface area contributed by atoms with E-state index < -0.39 is 0 Å². The van der Waals surface area contributed by atoms with Gasteiger partial charge in [0.05, 0.1) is 0 Å². The van der Waals surface area contributed by atoms with Crippen molar-refractivity contribution in [2.45, 2.75) is 45.6 Å². The lowest BCUT2D eigenvalue weighted by atomic mass is 9.72. The fraction of sp³-hybridized carbons (Fsp3) is 0.933. The van der Waals surface area contributed by atoms with Gasteiger partial charge in [-0.1, -0.05) is 13.8 Å². The highest BCUT2D eigenvalue weighted by molar-refractivity contribution is 5.79. The minimum atomic E-state index is 0.108. The van der Waals surface area contributed by atoms with Crippen LogP contribution in [-0.4, -0.2) is 41.7 Å². The summed E-state index contributed by atoms with van der Waals surface area (Å²) in [5.41, 5.74) is 6.14. The second-order valence-electron chi connectivity index (χ2n) is 6.65. The topological polar surface area (TPSA) is 66.6 Å². The van der Waals surface area contributed by atoms with Crippen molar-refractivity contribution in [1.82, 2.24) is 4.90 Å². The first-order valence-electron chi connectivity index (χ1n) is 7.68. The van der Waals surface area contributed by atoms with Crippen LogP contribution in [0.25, 0.3) is 0 Å². The van der Waals surface area contributed by atoms with Crippen LogP contribution in [0.5, 0.6) is 0 Å². The average Bonchev–Trinajstić information content (AvgIpc) is 2.42. The van der Waals surface area contributed by atoms with Gasteiger partial charge in [0.25, 0.3) is 0 Å². The predicted octanol–water partition coefficient (Wildman–Crippen LogP) is 1.23. The summed E-state index contributed by atoms with van der Waals surface area (Å²) in [6.07, 6.45) is 3.77. The van der Waals surface area contributed by atoms with Crippen LogP contribution in [0.1, 0.15) is 39.5 Å². The van der Waals surface area contributed by atoms with Crippen molar-refractivity contribution in [2.75, 3.05) is 19.7 Å². The molecule has 1 saturated heterocycles. The van der Waals surface area contributed by atoms with Crippen LogP contribution in [0.3, 0.4) is 0 Å².